The van der Waals surface area contributed by atoms with Crippen LogP contribution < -0.4 is 14.4 Å². The topological polar surface area (TPSA) is 102 Å². The van der Waals surface area contributed by atoms with Gasteiger partial charge in [0.2, 0.25) is 5.13 Å². The lowest BCUT2D eigenvalue weighted by atomic mass is 9.94. The van der Waals surface area contributed by atoms with Gasteiger partial charge in [-0.25, -0.2) is 4.39 Å². The third-order valence-electron chi connectivity index (χ3n) is 7.68. The van der Waals surface area contributed by atoms with E-state index < -0.39 is 17.7 Å². The number of amides is 1. The van der Waals surface area contributed by atoms with Gasteiger partial charge < -0.3 is 14.6 Å². The molecule has 2 atom stereocenters. The fourth-order valence-corrected chi connectivity index (χ4v) is 7.29. The largest absolute Gasteiger partial charge is 0.507 e. The third-order valence-corrected chi connectivity index (χ3v) is 9.81. The van der Waals surface area contributed by atoms with Gasteiger partial charge in [-0.15, -0.1) is 10.2 Å². The van der Waals surface area contributed by atoms with Crippen LogP contribution in [0.5, 0.6) is 11.5 Å². The molecule has 45 heavy (non-hydrogen) atoms. The lowest BCUT2D eigenvalue weighted by molar-refractivity contribution is -0.132. The van der Waals surface area contributed by atoms with Crippen LogP contribution in [0, 0.1) is 5.82 Å². The molecule has 1 fully saturated rings. The SMILES string of the molecule is CCCCCOc1cccc([C@H]2/C(=C(\O)c3ccc4c(c3)C[C@@H](C)O4)C(=O)C(=O)N2c2nnc(SCc3ccc(F)cc3)s2)c1. The first-order valence-electron chi connectivity index (χ1n) is 14.9. The molecule has 232 valence electrons. The number of ether oxygens (including phenoxy) is 2. The molecule has 3 heterocycles. The minimum Gasteiger partial charge on any atom is -0.507 e. The molecule has 1 N–H and O–H groups in total. The van der Waals surface area contributed by atoms with Crippen molar-refractivity contribution >= 4 is 45.7 Å². The van der Waals surface area contributed by atoms with Gasteiger partial charge in [0.05, 0.1) is 18.2 Å². The maximum absolute atomic E-state index is 13.7. The van der Waals surface area contributed by atoms with E-state index in [1.54, 1.807) is 42.5 Å². The number of ketones is 1. The molecule has 2 aliphatic rings. The van der Waals surface area contributed by atoms with Crippen molar-refractivity contribution in [3.05, 3.63) is 100 Å². The summed E-state index contributed by atoms with van der Waals surface area (Å²) in [5.74, 6) is -0.333. The van der Waals surface area contributed by atoms with Crippen molar-refractivity contribution < 1.29 is 28.6 Å². The molecule has 8 nitrogen and oxygen atoms in total. The monoisotopic (exact) mass is 645 g/mol. The molecular weight excluding hydrogens is 614 g/mol. The van der Waals surface area contributed by atoms with Crippen LogP contribution in [0.3, 0.4) is 0 Å². The number of hydrogen-bond donors (Lipinski definition) is 1. The van der Waals surface area contributed by atoms with Crippen LogP contribution in [0.25, 0.3) is 5.76 Å². The fourth-order valence-electron chi connectivity index (χ4n) is 5.47. The van der Waals surface area contributed by atoms with E-state index in [0.717, 1.165) is 36.1 Å². The third kappa shape index (κ3) is 6.60. The number of benzene rings is 3. The highest BCUT2D eigenvalue weighted by Gasteiger charge is 2.48. The zero-order chi connectivity index (χ0) is 31.5. The van der Waals surface area contributed by atoms with Crippen molar-refractivity contribution in [3.8, 4) is 11.5 Å². The summed E-state index contributed by atoms with van der Waals surface area (Å²) in [5.41, 5.74) is 2.81. The molecule has 3 aromatic carbocycles. The van der Waals surface area contributed by atoms with Crippen molar-refractivity contribution in [1.82, 2.24) is 10.2 Å². The molecule has 2 aliphatic heterocycles. The molecule has 0 radical (unpaired) electrons. The Balaban J connectivity index is 1.37. The summed E-state index contributed by atoms with van der Waals surface area (Å²) < 4.78 is 25.7. The van der Waals surface area contributed by atoms with Crippen molar-refractivity contribution in [2.24, 2.45) is 0 Å². The van der Waals surface area contributed by atoms with Crippen LogP contribution >= 0.6 is 23.1 Å². The molecule has 11 heteroatoms. The van der Waals surface area contributed by atoms with Gasteiger partial charge in [0.25, 0.3) is 5.78 Å². The second-order valence-corrected chi connectivity index (χ2v) is 13.2. The second kappa shape index (κ2) is 13.4. The number of Topliss-reactive ketones (excluding diaryl/α,β-unsaturated/α-hetero) is 1. The average molecular weight is 646 g/mol. The number of fused-ring (bicyclic) bond motifs is 1. The number of aliphatic hydroxyl groups is 1. The lowest BCUT2D eigenvalue weighted by Crippen LogP contribution is -2.29. The van der Waals surface area contributed by atoms with Gasteiger partial charge in [0, 0.05) is 17.7 Å². The van der Waals surface area contributed by atoms with Crippen molar-refractivity contribution in [3.63, 3.8) is 0 Å². The van der Waals surface area contributed by atoms with Crippen LogP contribution in [-0.2, 0) is 21.8 Å². The smallest absolute Gasteiger partial charge is 0.301 e. The highest BCUT2D eigenvalue weighted by molar-refractivity contribution is 8.00. The van der Waals surface area contributed by atoms with Crippen molar-refractivity contribution in [1.29, 1.82) is 0 Å². The number of rotatable bonds is 11. The van der Waals surface area contributed by atoms with E-state index in [0.29, 0.717) is 40.0 Å². The van der Waals surface area contributed by atoms with Crippen LogP contribution in [0.15, 0.2) is 76.6 Å². The van der Waals surface area contributed by atoms with E-state index in [1.807, 2.05) is 19.1 Å². The van der Waals surface area contributed by atoms with E-state index >= 15 is 0 Å². The Morgan fingerprint density at radius 2 is 1.93 bits per heavy atom. The molecule has 1 aromatic heterocycles. The van der Waals surface area contributed by atoms with E-state index in [-0.39, 0.29) is 28.4 Å². The maximum atomic E-state index is 13.7. The Labute approximate surface area is 268 Å². The first kappa shape index (κ1) is 30.8. The van der Waals surface area contributed by atoms with E-state index in [2.05, 4.69) is 17.1 Å². The molecule has 4 aromatic rings. The zero-order valence-electron chi connectivity index (χ0n) is 24.9. The summed E-state index contributed by atoms with van der Waals surface area (Å²) in [7, 11) is 0. The standard InChI is InChI=1S/C34H32FN3O5S2/c1-3-4-5-15-42-26-8-6-7-22(18-26)29-28(30(39)23-11-14-27-24(17-23)16-20(2)43-27)31(40)32(41)38(29)33-36-37-34(45-33)44-19-21-9-12-25(35)13-10-21/h6-14,17-18,20,29,39H,3-5,15-16,19H2,1-2H3/b30-28+/t20-,29+/m1/s1. The summed E-state index contributed by atoms with van der Waals surface area (Å²) in [6.45, 7) is 4.63. The number of carbonyl (C=O) groups is 2. The van der Waals surface area contributed by atoms with Crippen LogP contribution in [-0.4, -0.2) is 39.7 Å². The Bertz CT molecular complexity index is 1760. The van der Waals surface area contributed by atoms with Gasteiger partial charge in [0.1, 0.15) is 29.2 Å². The first-order chi connectivity index (χ1) is 21.8. The number of halogens is 1. The Hall–Kier alpha value is -4.22. The number of thioether (sulfide) groups is 1. The summed E-state index contributed by atoms with van der Waals surface area (Å²) in [4.78, 5) is 28.7. The lowest BCUT2D eigenvalue weighted by Gasteiger charge is -2.23. The summed E-state index contributed by atoms with van der Waals surface area (Å²) in [6.07, 6.45) is 3.70. The highest BCUT2D eigenvalue weighted by atomic mass is 32.2. The zero-order valence-corrected chi connectivity index (χ0v) is 26.5. The predicted molar refractivity (Wildman–Crippen MR) is 172 cm³/mol. The summed E-state index contributed by atoms with van der Waals surface area (Å²) in [5, 5.41) is 20.4. The fraction of sp³-hybridized carbons (Fsp3) is 0.294. The Morgan fingerprint density at radius 1 is 1.11 bits per heavy atom. The molecule has 0 saturated carbocycles. The van der Waals surface area contributed by atoms with E-state index in [1.165, 1.54) is 40.1 Å². The van der Waals surface area contributed by atoms with Crippen LogP contribution in [0.2, 0.25) is 0 Å². The van der Waals surface area contributed by atoms with Gasteiger partial charge in [-0.05, 0) is 72.5 Å². The summed E-state index contributed by atoms with van der Waals surface area (Å²) in [6, 6.07) is 17.8. The minimum absolute atomic E-state index is 0.00979. The number of carbonyl (C=O) groups excluding carboxylic acids is 2. The quantitative estimate of drug-likeness (QED) is 0.0447. The average Bonchev–Trinajstić information content (AvgIpc) is 3.73. The number of anilines is 1. The van der Waals surface area contributed by atoms with Gasteiger partial charge in [-0.3, -0.25) is 14.5 Å². The van der Waals surface area contributed by atoms with Gasteiger partial charge in [0.15, 0.2) is 4.34 Å². The Kier molecular flexibility index (Phi) is 9.18. The molecule has 6 rings (SSSR count). The molecule has 0 aliphatic carbocycles. The normalized spacial score (nSPS) is 18.7. The van der Waals surface area contributed by atoms with Crippen LogP contribution in [0.1, 0.15) is 61.4 Å². The number of hydrogen-bond acceptors (Lipinski definition) is 9. The van der Waals surface area contributed by atoms with E-state index in [4.69, 9.17) is 9.47 Å². The number of nitrogens with zero attached hydrogens (tertiary/aromatic N) is 3. The second-order valence-electron chi connectivity index (χ2n) is 11.0. The predicted octanol–water partition coefficient (Wildman–Crippen LogP) is 7.49. The first-order valence-corrected chi connectivity index (χ1v) is 16.7. The van der Waals surface area contributed by atoms with Crippen LogP contribution in [0.4, 0.5) is 9.52 Å². The summed E-state index contributed by atoms with van der Waals surface area (Å²) >= 11 is 2.57. The number of aliphatic hydroxyl groups excluding tert-OH is 1. The van der Waals surface area contributed by atoms with Crippen molar-refractivity contribution in [2.75, 3.05) is 11.5 Å². The highest BCUT2D eigenvalue weighted by Crippen LogP contribution is 2.45. The molecule has 0 unspecified atom stereocenters. The molecule has 1 saturated heterocycles. The Morgan fingerprint density at radius 3 is 2.73 bits per heavy atom. The molecular formula is C34H32FN3O5S2. The van der Waals surface area contributed by atoms with Gasteiger partial charge in [-0.1, -0.05) is 67.1 Å². The molecule has 0 spiro atoms. The minimum atomic E-state index is -0.962. The number of unbranched alkanes of at least 4 members (excludes halogenated alkanes) is 2. The van der Waals surface area contributed by atoms with E-state index in [9.17, 15) is 19.1 Å². The molecule has 0 bridgehead atoms. The number of aromatic nitrogens is 2. The van der Waals surface area contributed by atoms with Gasteiger partial charge >= 0.3 is 5.91 Å². The van der Waals surface area contributed by atoms with Gasteiger partial charge in [-0.2, -0.15) is 0 Å². The maximum Gasteiger partial charge on any atom is 0.301 e. The van der Waals surface area contributed by atoms with Crippen molar-refractivity contribution in [2.45, 2.75) is 61.8 Å². The molecule has 1 amide bonds.